The van der Waals surface area contributed by atoms with Crippen LogP contribution in [0.25, 0.3) is 0 Å². The number of benzene rings is 2. The van der Waals surface area contributed by atoms with E-state index in [2.05, 4.69) is 10.2 Å². The third-order valence-electron chi connectivity index (χ3n) is 4.81. The summed E-state index contributed by atoms with van der Waals surface area (Å²) in [6.45, 7) is 5.63. The molecule has 0 radical (unpaired) electrons. The first kappa shape index (κ1) is 22.0. The number of hydrogen-bond acceptors (Lipinski definition) is 5. The smallest absolute Gasteiger partial charge is 0.245 e. The molecule has 0 bridgehead atoms. The van der Waals surface area contributed by atoms with E-state index >= 15 is 0 Å². The van der Waals surface area contributed by atoms with E-state index in [-0.39, 0.29) is 12.6 Å². The van der Waals surface area contributed by atoms with Crippen LogP contribution in [0.5, 0.6) is 5.75 Å². The first-order valence-corrected chi connectivity index (χ1v) is 12.0. The fraction of sp³-hybridized carbons (Fsp3) is 0.409. The van der Waals surface area contributed by atoms with Crippen molar-refractivity contribution in [2.75, 3.05) is 40.4 Å². The van der Waals surface area contributed by atoms with Gasteiger partial charge in [-0.05, 0) is 75.2 Å². The Hall–Kier alpha value is -2.74. The normalized spacial score (nSPS) is 14.1. The second kappa shape index (κ2) is 9.38. The minimum absolute atomic E-state index is 0.0181. The molecule has 0 atom stereocenters. The van der Waals surface area contributed by atoms with Crippen LogP contribution in [0.15, 0.2) is 48.5 Å². The highest BCUT2D eigenvalue weighted by molar-refractivity contribution is 7.92. The third kappa shape index (κ3) is 5.89. The Bertz CT molecular complexity index is 951. The van der Waals surface area contributed by atoms with Gasteiger partial charge < -0.3 is 15.0 Å². The Balaban J connectivity index is 1.67. The predicted molar refractivity (Wildman–Crippen MR) is 121 cm³/mol. The number of rotatable bonds is 8. The minimum Gasteiger partial charge on any atom is -0.491 e. The summed E-state index contributed by atoms with van der Waals surface area (Å²) in [5.41, 5.74) is 2.18. The van der Waals surface area contributed by atoms with Crippen molar-refractivity contribution in [2.24, 2.45) is 0 Å². The van der Waals surface area contributed by atoms with Crippen LogP contribution < -0.4 is 19.3 Å². The van der Waals surface area contributed by atoms with Gasteiger partial charge >= 0.3 is 0 Å². The fourth-order valence-electron chi connectivity index (χ4n) is 3.43. The molecule has 162 valence electrons. The molecule has 2 aromatic rings. The molecule has 0 aliphatic carbocycles. The van der Waals surface area contributed by atoms with Crippen molar-refractivity contribution in [1.82, 2.24) is 0 Å². The summed E-state index contributed by atoms with van der Waals surface area (Å²) < 4.78 is 31.2. The molecule has 1 saturated heterocycles. The number of anilines is 3. The van der Waals surface area contributed by atoms with E-state index in [1.54, 1.807) is 24.3 Å². The topological polar surface area (TPSA) is 79.0 Å². The summed E-state index contributed by atoms with van der Waals surface area (Å²) in [7, 11) is -3.63. The number of sulfonamides is 1. The molecule has 30 heavy (non-hydrogen) atoms. The average molecular weight is 432 g/mol. The van der Waals surface area contributed by atoms with E-state index in [0.29, 0.717) is 17.1 Å². The quantitative estimate of drug-likeness (QED) is 0.692. The van der Waals surface area contributed by atoms with E-state index in [0.717, 1.165) is 29.3 Å². The molecular formula is C22H29N3O4S. The molecular weight excluding hydrogens is 402 g/mol. The minimum atomic E-state index is -3.63. The number of nitrogens with zero attached hydrogens (tertiary/aromatic N) is 2. The van der Waals surface area contributed by atoms with Gasteiger partial charge in [-0.25, -0.2) is 8.42 Å². The van der Waals surface area contributed by atoms with Gasteiger partial charge in [0.25, 0.3) is 0 Å². The molecule has 1 N–H and O–H groups in total. The average Bonchev–Trinajstić information content (AvgIpc) is 3.21. The summed E-state index contributed by atoms with van der Waals surface area (Å²) in [6.07, 6.45) is 3.50. The summed E-state index contributed by atoms with van der Waals surface area (Å²) in [4.78, 5) is 14.9. The maximum Gasteiger partial charge on any atom is 0.245 e. The lowest BCUT2D eigenvalue weighted by Crippen LogP contribution is -2.37. The standard InChI is InChI=1S/C22H29N3O4S/c1-17(2)29-21-12-10-20(11-13-21)25(30(3,27)28)16-22(26)23-18-6-8-19(9-7-18)24-14-4-5-15-24/h6-13,17H,4-5,14-16H2,1-3H3,(H,23,26). The van der Waals surface area contributed by atoms with Crippen molar-refractivity contribution in [1.29, 1.82) is 0 Å². The Labute approximate surface area is 178 Å². The zero-order valence-electron chi connectivity index (χ0n) is 17.7. The summed E-state index contributed by atoms with van der Waals surface area (Å²) >= 11 is 0. The summed E-state index contributed by atoms with van der Waals surface area (Å²) in [5.74, 6) is 0.238. The van der Waals surface area contributed by atoms with E-state index in [9.17, 15) is 13.2 Å². The van der Waals surface area contributed by atoms with Gasteiger partial charge in [0, 0.05) is 24.5 Å². The highest BCUT2D eigenvalue weighted by Crippen LogP contribution is 2.24. The summed E-state index contributed by atoms with van der Waals surface area (Å²) in [6, 6.07) is 14.3. The third-order valence-corrected chi connectivity index (χ3v) is 5.95. The van der Waals surface area contributed by atoms with Gasteiger partial charge in [0.05, 0.1) is 18.0 Å². The molecule has 2 aromatic carbocycles. The van der Waals surface area contributed by atoms with E-state index in [1.807, 2.05) is 38.1 Å². The molecule has 1 aliphatic rings. The number of hydrogen-bond donors (Lipinski definition) is 1. The van der Waals surface area contributed by atoms with Crippen molar-refractivity contribution in [2.45, 2.75) is 32.8 Å². The highest BCUT2D eigenvalue weighted by atomic mass is 32.2. The van der Waals surface area contributed by atoms with Crippen molar-refractivity contribution >= 4 is 33.0 Å². The Morgan fingerprint density at radius 2 is 1.67 bits per heavy atom. The molecule has 0 saturated carbocycles. The monoisotopic (exact) mass is 431 g/mol. The van der Waals surface area contributed by atoms with Crippen LogP contribution in [0, 0.1) is 0 Å². The first-order chi connectivity index (χ1) is 14.2. The number of carbonyl (C=O) groups is 1. The van der Waals surface area contributed by atoms with E-state index in [4.69, 9.17) is 4.74 Å². The Morgan fingerprint density at radius 3 is 2.20 bits per heavy atom. The van der Waals surface area contributed by atoms with Gasteiger partial charge in [0.1, 0.15) is 12.3 Å². The van der Waals surface area contributed by atoms with Crippen LogP contribution in [0.1, 0.15) is 26.7 Å². The Morgan fingerprint density at radius 1 is 1.07 bits per heavy atom. The lowest BCUT2D eigenvalue weighted by molar-refractivity contribution is -0.114. The van der Waals surface area contributed by atoms with Gasteiger partial charge in [-0.3, -0.25) is 9.10 Å². The number of carbonyl (C=O) groups excluding carboxylic acids is 1. The fourth-order valence-corrected chi connectivity index (χ4v) is 4.28. The second-order valence-corrected chi connectivity index (χ2v) is 9.63. The van der Waals surface area contributed by atoms with E-state index < -0.39 is 15.9 Å². The molecule has 0 spiro atoms. The van der Waals surface area contributed by atoms with Gasteiger partial charge in [-0.1, -0.05) is 0 Å². The molecule has 1 heterocycles. The number of nitrogens with one attached hydrogen (secondary N) is 1. The first-order valence-electron chi connectivity index (χ1n) is 10.1. The molecule has 8 heteroatoms. The maximum absolute atomic E-state index is 12.5. The number of ether oxygens (including phenoxy) is 1. The molecule has 1 amide bonds. The molecule has 0 unspecified atom stereocenters. The van der Waals surface area contributed by atoms with E-state index in [1.165, 1.54) is 12.8 Å². The van der Waals surface area contributed by atoms with Crippen molar-refractivity contribution in [3.8, 4) is 5.75 Å². The molecule has 7 nitrogen and oxygen atoms in total. The van der Waals surface area contributed by atoms with Gasteiger partial charge in [0.2, 0.25) is 15.9 Å². The van der Waals surface area contributed by atoms with Crippen LogP contribution in [0.3, 0.4) is 0 Å². The van der Waals surface area contributed by atoms with Crippen LogP contribution in [-0.2, 0) is 14.8 Å². The van der Waals surface area contributed by atoms with Crippen LogP contribution >= 0.6 is 0 Å². The second-order valence-electron chi connectivity index (χ2n) is 7.72. The lowest BCUT2D eigenvalue weighted by Gasteiger charge is -2.22. The van der Waals surface area contributed by atoms with Crippen LogP contribution in [-0.4, -0.2) is 46.3 Å². The molecule has 1 fully saturated rings. The van der Waals surface area contributed by atoms with Crippen molar-refractivity contribution < 1.29 is 17.9 Å². The van der Waals surface area contributed by atoms with Gasteiger partial charge in [-0.2, -0.15) is 0 Å². The highest BCUT2D eigenvalue weighted by Gasteiger charge is 2.21. The largest absolute Gasteiger partial charge is 0.491 e. The van der Waals surface area contributed by atoms with Crippen LogP contribution in [0.4, 0.5) is 17.1 Å². The van der Waals surface area contributed by atoms with Crippen molar-refractivity contribution in [3.63, 3.8) is 0 Å². The maximum atomic E-state index is 12.5. The molecule has 0 aromatic heterocycles. The molecule has 1 aliphatic heterocycles. The Kier molecular flexibility index (Phi) is 6.87. The predicted octanol–water partition coefficient (Wildman–Crippen LogP) is 3.48. The van der Waals surface area contributed by atoms with Crippen LogP contribution in [0.2, 0.25) is 0 Å². The lowest BCUT2D eigenvalue weighted by atomic mass is 10.2. The summed E-state index contributed by atoms with van der Waals surface area (Å²) in [5, 5.41) is 2.78. The number of amides is 1. The van der Waals surface area contributed by atoms with Gasteiger partial charge in [-0.15, -0.1) is 0 Å². The SMILES string of the molecule is CC(C)Oc1ccc(N(CC(=O)Nc2ccc(N3CCCC3)cc2)S(C)(=O)=O)cc1. The van der Waals surface area contributed by atoms with Crippen molar-refractivity contribution in [3.05, 3.63) is 48.5 Å². The molecule has 3 rings (SSSR count). The zero-order chi connectivity index (χ0) is 21.7. The zero-order valence-corrected chi connectivity index (χ0v) is 18.5. The van der Waals surface area contributed by atoms with Gasteiger partial charge in [0.15, 0.2) is 0 Å².